The van der Waals surface area contributed by atoms with Gasteiger partial charge in [-0.05, 0) is 19.1 Å². The van der Waals surface area contributed by atoms with Gasteiger partial charge in [0.2, 0.25) is 12.2 Å². The van der Waals surface area contributed by atoms with Crippen molar-refractivity contribution in [3.05, 3.63) is 29.8 Å². The van der Waals surface area contributed by atoms with Crippen molar-refractivity contribution in [2.75, 3.05) is 6.61 Å². The summed E-state index contributed by atoms with van der Waals surface area (Å²) in [4.78, 5) is 46.7. The average Bonchev–Trinajstić information content (AvgIpc) is 2.65. The highest BCUT2D eigenvalue weighted by molar-refractivity contribution is 5.73. The zero-order valence-electron chi connectivity index (χ0n) is 18.1. The van der Waals surface area contributed by atoms with E-state index in [0.717, 1.165) is 5.56 Å². The molecule has 1 fully saturated rings. The fourth-order valence-electron chi connectivity index (χ4n) is 3.14. The highest BCUT2D eigenvalue weighted by Crippen LogP contribution is 2.29. The number of benzene rings is 1. The maximum Gasteiger partial charge on any atom is 0.303 e. The lowest BCUT2D eigenvalue weighted by Crippen LogP contribution is -2.67. The van der Waals surface area contributed by atoms with Crippen LogP contribution in [0.15, 0.2) is 24.3 Å². The molecule has 31 heavy (non-hydrogen) atoms. The van der Waals surface area contributed by atoms with Crippen LogP contribution in [-0.2, 0) is 38.1 Å². The molecule has 2 rings (SSSR count). The molecule has 1 aliphatic rings. The predicted molar refractivity (Wildman–Crippen MR) is 106 cm³/mol. The Bertz CT molecular complexity index is 808. The second kappa shape index (κ2) is 10.8. The molecule has 0 aliphatic carbocycles. The quantitative estimate of drug-likeness (QED) is 0.491. The molecule has 0 spiro atoms. The lowest BCUT2D eigenvalue weighted by molar-refractivity contribution is -0.257. The van der Waals surface area contributed by atoms with Crippen molar-refractivity contribution in [1.82, 2.24) is 5.32 Å². The fourth-order valence-corrected chi connectivity index (χ4v) is 3.14. The van der Waals surface area contributed by atoms with Crippen LogP contribution in [0.5, 0.6) is 5.75 Å². The molecule has 1 saturated heterocycles. The number of esters is 3. The standard InChI is InChI=1S/C21H27NO9/c1-11-6-8-16(9-7-11)30-21-18(22-12(2)23)20(29-15(5)26)19(28-14(4)25)17(31-21)10-27-13(3)24/h6-9,17-21H,10H2,1-5H3,(H,22,23)/t17-,18-,19+,20+,21-/m1/s1. The Balaban J connectivity index is 2.43. The predicted octanol–water partition coefficient (Wildman–Crippen LogP) is 1.03. The van der Waals surface area contributed by atoms with Gasteiger partial charge in [-0.2, -0.15) is 0 Å². The first kappa shape index (κ1) is 24.1. The lowest BCUT2D eigenvalue weighted by atomic mass is 9.96. The van der Waals surface area contributed by atoms with E-state index in [9.17, 15) is 19.2 Å². The number of amides is 1. The Hall–Kier alpha value is -3.14. The molecule has 0 saturated carbocycles. The fraction of sp³-hybridized carbons (Fsp3) is 0.524. The Morgan fingerprint density at radius 3 is 2.00 bits per heavy atom. The van der Waals surface area contributed by atoms with E-state index in [1.54, 1.807) is 12.1 Å². The van der Waals surface area contributed by atoms with Crippen molar-refractivity contribution in [3.63, 3.8) is 0 Å². The van der Waals surface area contributed by atoms with Gasteiger partial charge in [0.25, 0.3) is 0 Å². The van der Waals surface area contributed by atoms with Gasteiger partial charge in [0, 0.05) is 27.7 Å². The van der Waals surface area contributed by atoms with Crippen LogP contribution in [0.2, 0.25) is 0 Å². The third kappa shape index (κ3) is 7.25. The van der Waals surface area contributed by atoms with Crippen LogP contribution in [0.1, 0.15) is 33.3 Å². The van der Waals surface area contributed by atoms with Crippen LogP contribution >= 0.6 is 0 Å². The molecule has 1 N–H and O–H groups in total. The van der Waals surface area contributed by atoms with Crippen LogP contribution in [0, 0.1) is 6.92 Å². The Morgan fingerprint density at radius 1 is 0.903 bits per heavy atom. The average molecular weight is 437 g/mol. The second-order valence-electron chi connectivity index (χ2n) is 7.15. The van der Waals surface area contributed by atoms with Crippen LogP contribution in [0.25, 0.3) is 0 Å². The molecule has 170 valence electrons. The molecule has 10 nitrogen and oxygen atoms in total. The van der Waals surface area contributed by atoms with E-state index in [4.69, 9.17) is 23.7 Å². The summed E-state index contributed by atoms with van der Waals surface area (Å²) in [5.74, 6) is -1.92. The summed E-state index contributed by atoms with van der Waals surface area (Å²) in [6.45, 7) is 6.48. The van der Waals surface area contributed by atoms with Gasteiger partial charge in [0.05, 0.1) is 0 Å². The first-order chi connectivity index (χ1) is 14.6. The highest BCUT2D eigenvalue weighted by Gasteiger charge is 2.51. The molecule has 0 aromatic heterocycles. The number of hydrogen-bond acceptors (Lipinski definition) is 9. The van der Waals surface area contributed by atoms with Crippen molar-refractivity contribution in [2.24, 2.45) is 0 Å². The first-order valence-corrected chi connectivity index (χ1v) is 9.70. The zero-order valence-corrected chi connectivity index (χ0v) is 18.1. The SMILES string of the molecule is CC(=O)N[C@H]1[C@H](Oc2ccc(C)cc2)O[C@H](COC(C)=O)[C@H](OC(C)=O)[C@H]1OC(C)=O. The molecule has 0 bridgehead atoms. The summed E-state index contributed by atoms with van der Waals surface area (Å²) < 4.78 is 27.6. The molecule has 5 atom stereocenters. The molecular formula is C21H27NO9. The zero-order chi connectivity index (χ0) is 23.1. The minimum Gasteiger partial charge on any atom is -0.463 e. The normalized spacial score (nSPS) is 25.1. The van der Waals surface area contributed by atoms with E-state index in [-0.39, 0.29) is 6.61 Å². The summed E-state index contributed by atoms with van der Waals surface area (Å²) in [6.07, 6.45) is -4.47. The van der Waals surface area contributed by atoms with Gasteiger partial charge >= 0.3 is 17.9 Å². The molecule has 10 heteroatoms. The molecule has 0 unspecified atom stereocenters. The van der Waals surface area contributed by atoms with E-state index in [1.807, 2.05) is 19.1 Å². The molecular weight excluding hydrogens is 410 g/mol. The minimum atomic E-state index is -1.16. The highest BCUT2D eigenvalue weighted by atomic mass is 16.7. The van der Waals surface area contributed by atoms with Gasteiger partial charge in [-0.15, -0.1) is 0 Å². The van der Waals surface area contributed by atoms with Crippen molar-refractivity contribution in [2.45, 2.75) is 65.3 Å². The molecule has 1 aliphatic heterocycles. The van der Waals surface area contributed by atoms with Crippen LogP contribution in [-0.4, -0.2) is 61.1 Å². The van der Waals surface area contributed by atoms with Gasteiger partial charge in [-0.25, -0.2) is 0 Å². The van der Waals surface area contributed by atoms with E-state index in [1.165, 1.54) is 27.7 Å². The Kier molecular flexibility index (Phi) is 8.38. The van der Waals surface area contributed by atoms with Crippen LogP contribution in [0.4, 0.5) is 0 Å². The van der Waals surface area contributed by atoms with E-state index < -0.39 is 54.5 Å². The monoisotopic (exact) mass is 437 g/mol. The third-order valence-corrected chi connectivity index (χ3v) is 4.34. The topological polar surface area (TPSA) is 126 Å². The molecule has 1 aromatic rings. The Morgan fingerprint density at radius 2 is 1.48 bits per heavy atom. The number of ether oxygens (including phenoxy) is 5. The first-order valence-electron chi connectivity index (χ1n) is 9.70. The van der Waals surface area contributed by atoms with Crippen LogP contribution in [0.3, 0.4) is 0 Å². The molecule has 1 amide bonds. The van der Waals surface area contributed by atoms with Gasteiger partial charge in [-0.3, -0.25) is 19.2 Å². The Labute approximate surface area is 180 Å². The second-order valence-corrected chi connectivity index (χ2v) is 7.15. The maximum absolute atomic E-state index is 11.9. The molecule has 1 aromatic carbocycles. The summed E-state index contributed by atoms with van der Waals surface area (Å²) in [5.41, 5.74) is 1.01. The smallest absolute Gasteiger partial charge is 0.303 e. The molecule has 1 heterocycles. The number of carbonyl (C=O) groups is 4. The molecule has 0 radical (unpaired) electrons. The summed E-state index contributed by atoms with van der Waals surface area (Å²) >= 11 is 0. The minimum absolute atomic E-state index is 0.286. The number of hydrogen-bond donors (Lipinski definition) is 1. The number of rotatable bonds is 7. The largest absolute Gasteiger partial charge is 0.463 e. The van der Waals surface area contributed by atoms with Crippen molar-refractivity contribution < 1.29 is 42.9 Å². The van der Waals surface area contributed by atoms with E-state index in [0.29, 0.717) is 5.75 Å². The summed E-state index contributed by atoms with van der Waals surface area (Å²) in [7, 11) is 0. The maximum atomic E-state index is 11.9. The van der Waals surface area contributed by atoms with Gasteiger partial charge in [-0.1, -0.05) is 17.7 Å². The van der Waals surface area contributed by atoms with Gasteiger partial charge in [0.15, 0.2) is 12.2 Å². The number of carbonyl (C=O) groups excluding carboxylic acids is 4. The van der Waals surface area contributed by atoms with E-state index >= 15 is 0 Å². The number of aryl methyl sites for hydroxylation is 1. The van der Waals surface area contributed by atoms with Crippen LogP contribution < -0.4 is 10.1 Å². The van der Waals surface area contributed by atoms with Gasteiger partial charge < -0.3 is 29.0 Å². The summed E-state index contributed by atoms with van der Waals surface area (Å²) in [6, 6.07) is 6.06. The van der Waals surface area contributed by atoms with Crippen molar-refractivity contribution in [3.8, 4) is 5.75 Å². The van der Waals surface area contributed by atoms with Gasteiger partial charge in [0.1, 0.15) is 24.5 Å². The third-order valence-electron chi connectivity index (χ3n) is 4.34. The van der Waals surface area contributed by atoms with Crippen molar-refractivity contribution in [1.29, 1.82) is 0 Å². The lowest BCUT2D eigenvalue weighted by Gasteiger charge is -2.44. The van der Waals surface area contributed by atoms with E-state index in [2.05, 4.69) is 5.32 Å². The summed E-state index contributed by atoms with van der Waals surface area (Å²) in [5, 5.41) is 2.64. The van der Waals surface area contributed by atoms with Crippen molar-refractivity contribution >= 4 is 23.8 Å². The number of nitrogens with one attached hydrogen (secondary N) is 1.